The van der Waals surface area contributed by atoms with E-state index in [4.69, 9.17) is 10.5 Å². The SMILES string of the molecule is CCNC(C(=O)N[C@H](CCCNC(N)=O)C(=O)Nc1ccc(COC(C)=O)cc1)C(C)C. The van der Waals surface area contributed by atoms with E-state index >= 15 is 0 Å². The molecule has 1 unspecified atom stereocenters. The van der Waals surface area contributed by atoms with E-state index < -0.39 is 18.1 Å². The second-order valence-electron chi connectivity index (χ2n) is 7.74. The molecule has 0 spiro atoms. The highest BCUT2D eigenvalue weighted by molar-refractivity contribution is 5.97. The van der Waals surface area contributed by atoms with Crippen molar-refractivity contribution in [3.8, 4) is 0 Å². The molecule has 0 aliphatic heterocycles. The zero-order valence-electron chi connectivity index (χ0n) is 19.2. The van der Waals surface area contributed by atoms with Gasteiger partial charge in [-0.05, 0) is 43.0 Å². The minimum absolute atomic E-state index is 0.0416. The Balaban J connectivity index is 2.82. The van der Waals surface area contributed by atoms with Gasteiger partial charge in [0.05, 0.1) is 6.04 Å². The zero-order valence-corrected chi connectivity index (χ0v) is 19.2. The molecule has 4 amide bonds. The van der Waals surface area contributed by atoms with Gasteiger partial charge in [-0.25, -0.2) is 4.79 Å². The van der Waals surface area contributed by atoms with E-state index in [0.717, 1.165) is 5.56 Å². The van der Waals surface area contributed by atoms with Crippen LogP contribution >= 0.6 is 0 Å². The number of hydrogen-bond donors (Lipinski definition) is 5. The molecular formula is C22H35N5O5. The molecule has 178 valence electrons. The number of anilines is 1. The average Bonchev–Trinajstić information content (AvgIpc) is 2.72. The second-order valence-corrected chi connectivity index (χ2v) is 7.74. The number of rotatable bonds is 13. The molecule has 2 atom stereocenters. The number of urea groups is 1. The molecule has 0 heterocycles. The number of ether oxygens (including phenoxy) is 1. The summed E-state index contributed by atoms with van der Waals surface area (Å²) in [5.74, 6) is -0.963. The van der Waals surface area contributed by atoms with E-state index in [2.05, 4.69) is 21.3 Å². The van der Waals surface area contributed by atoms with Gasteiger partial charge in [0.2, 0.25) is 11.8 Å². The van der Waals surface area contributed by atoms with Crippen LogP contribution in [0, 0.1) is 5.92 Å². The van der Waals surface area contributed by atoms with Crippen LogP contribution in [-0.4, -0.2) is 49.0 Å². The molecule has 10 nitrogen and oxygen atoms in total. The van der Waals surface area contributed by atoms with Crippen molar-refractivity contribution in [1.82, 2.24) is 16.0 Å². The number of nitrogens with two attached hydrogens (primary N) is 1. The topological polar surface area (TPSA) is 152 Å². The number of carbonyl (C=O) groups is 4. The van der Waals surface area contributed by atoms with E-state index in [1.165, 1.54) is 6.92 Å². The van der Waals surface area contributed by atoms with Crippen LogP contribution in [0.1, 0.15) is 46.1 Å². The van der Waals surface area contributed by atoms with Crippen molar-refractivity contribution in [3.05, 3.63) is 29.8 Å². The summed E-state index contributed by atoms with van der Waals surface area (Å²) in [5, 5.41) is 11.2. The molecule has 10 heteroatoms. The minimum Gasteiger partial charge on any atom is -0.461 e. The summed E-state index contributed by atoms with van der Waals surface area (Å²) in [6, 6.07) is 5.00. The lowest BCUT2D eigenvalue weighted by Crippen LogP contribution is -2.53. The Morgan fingerprint density at radius 2 is 1.72 bits per heavy atom. The highest BCUT2D eigenvalue weighted by Crippen LogP contribution is 2.12. The Morgan fingerprint density at radius 3 is 2.25 bits per heavy atom. The number of carbonyl (C=O) groups excluding carboxylic acids is 4. The Bertz CT molecular complexity index is 766. The first-order valence-corrected chi connectivity index (χ1v) is 10.7. The van der Waals surface area contributed by atoms with Gasteiger partial charge in [0.1, 0.15) is 12.6 Å². The minimum atomic E-state index is -0.794. The number of hydrogen-bond acceptors (Lipinski definition) is 6. The zero-order chi connectivity index (χ0) is 24.1. The van der Waals surface area contributed by atoms with Gasteiger partial charge in [0, 0.05) is 19.2 Å². The van der Waals surface area contributed by atoms with Gasteiger partial charge in [-0.1, -0.05) is 32.9 Å². The Morgan fingerprint density at radius 1 is 1.06 bits per heavy atom. The molecule has 1 aromatic carbocycles. The van der Waals surface area contributed by atoms with Crippen molar-refractivity contribution in [2.45, 2.75) is 59.2 Å². The Labute approximate surface area is 189 Å². The molecule has 0 aromatic heterocycles. The summed E-state index contributed by atoms with van der Waals surface area (Å²) in [7, 11) is 0. The monoisotopic (exact) mass is 449 g/mol. The van der Waals surface area contributed by atoms with E-state index in [-0.39, 0.29) is 30.3 Å². The predicted molar refractivity (Wildman–Crippen MR) is 122 cm³/mol. The van der Waals surface area contributed by atoms with Crippen molar-refractivity contribution in [2.24, 2.45) is 11.7 Å². The van der Waals surface area contributed by atoms with Crippen molar-refractivity contribution in [1.29, 1.82) is 0 Å². The number of likely N-dealkylation sites (N-methyl/N-ethyl adjacent to an activating group) is 1. The summed E-state index contributed by atoms with van der Waals surface area (Å²) in [6.07, 6.45) is 0.773. The van der Waals surface area contributed by atoms with Crippen LogP contribution in [0.25, 0.3) is 0 Å². The third kappa shape index (κ3) is 10.3. The maximum atomic E-state index is 12.9. The van der Waals surface area contributed by atoms with Crippen molar-refractivity contribution in [2.75, 3.05) is 18.4 Å². The standard InChI is InChI=1S/C22H35N5O5/c1-5-24-19(14(2)3)21(30)27-18(7-6-12-25-22(23)31)20(29)26-17-10-8-16(9-11-17)13-32-15(4)28/h8-11,14,18-19,24H,5-7,12-13H2,1-4H3,(H,26,29)(H,27,30)(H3,23,25,31)/t18-,19?/m1/s1. The van der Waals surface area contributed by atoms with E-state index in [1.807, 2.05) is 20.8 Å². The van der Waals surface area contributed by atoms with E-state index in [9.17, 15) is 19.2 Å². The van der Waals surface area contributed by atoms with Crippen molar-refractivity contribution < 1.29 is 23.9 Å². The number of esters is 1. The number of primary amides is 1. The highest BCUT2D eigenvalue weighted by Gasteiger charge is 2.27. The highest BCUT2D eigenvalue weighted by atomic mass is 16.5. The predicted octanol–water partition coefficient (Wildman–Crippen LogP) is 1.26. The fraction of sp³-hybridized carbons (Fsp3) is 0.545. The Hall–Kier alpha value is -3.14. The maximum absolute atomic E-state index is 12.9. The smallest absolute Gasteiger partial charge is 0.312 e. The third-order valence-electron chi connectivity index (χ3n) is 4.64. The van der Waals surface area contributed by atoms with Crippen molar-refractivity contribution >= 4 is 29.5 Å². The van der Waals surface area contributed by atoms with Crippen LogP contribution in [-0.2, 0) is 25.7 Å². The van der Waals surface area contributed by atoms with Gasteiger partial charge in [-0.3, -0.25) is 14.4 Å². The number of nitrogens with one attached hydrogen (secondary N) is 4. The van der Waals surface area contributed by atoms with Gasteiger partial charge in [0.25, 0.3) is 0 Å². The maximum Gasteiger partial charge on any atom is 0.312 e. The third-order valence-corrected chi connectivity index (χ3v) is 4.64. The normalized spacial score (nSPS) is 12.5. The quantitative estimate of drug-likeness (QED) is 0.226. The van der Waals surface area contributed by atoms with Gasteiger partial charge >= 0.3 is 12.0 Å². The molecule has 6 N–H and O–H groups in total. The molecule has 0 saturated carbocycles. The fourth-order valence-corrected chi connectivity index (χ4v) is 3.00. The van der Waals surface area contributed by atoms with Gasteiger partial charge in [0.15, 0.2) is 0 Å². The van der Waals surface area contributed by atoms with Crippen LogP contribution in [0.5, 0.6) is 0 Å². The van der Waals surface area contributed by atoms with E-state index in [0.29, 0.717) is 31.6 Å². The fourth-order valence-electron chi connectivity index (χ4n) is 3.00. The molecule has 0 fully saturated rings. The molecule has 1 aromatic rings. The summed E-state index contributed by atoms with van der Waals surface area (Å²) in [5.41, 5.74) is 6.40. The molecule has 0 saturated heterocycles. The molecule has 0 aliphatic rings. The molecule has 1 rings (SSSR count). The van der Waals surface area contributed by atoms with Crippen LogP contribution in [0.3, 0.4) is 0 Å². The first kappa shape index (κ1) is 26.9. The van der Waals surface area contributed by atoms with Gasteiger partial charge < -0.3 is 31.7 Å². The lowest BCUT2D eigenvalue weighted by atomic mass is 10.0. The summed E-state index contributed by atoms with van der Waals surface area (Å²) in [4.78, 5) is 47.5. The molecule has 0 bridgehead atoms. The molecule has 0 radical (unpaired) electrons. The number of benzene rings is 1. The van der Waals surface area contributed by atoms with Gasteiger partial charge in [-0.15, -0.1) is 0 Å². The summed E-state index contributed by atoms with van der Waals surface area (Å²) >= 11 is 0. The first-order chi connectivity index (χ1) is 15.1. The van der Waals surface area contributed by atoms with Crippen molar-refractivity contribution in [3.63, 3.8) is 0 Å². The molecular weight excluding hydrogens is 414 g/mol. The van der Waals surface area contributed by atoms with Crippen LogP contribution < -0.4 is 27.0 Å². The second kappa shape index (κ2) is 14.0. The van der Waals surface area contributed by atoms with Crippen LogP contribution in [0.2, 0.25) is 0 Å². The molecule has 0 aliphatic carbocycles. The summed E-state index contributed by atoms with van der Waals surface area (Å²) in [6.45, 7) is 8.16. The first-order valence-electron chi connectivity index (χ1n) is 10.7. The lowest BCUT2D eigenvalue weighted by Gasteiger charge is -2.25. The lowest BCUT2D eigenvalue weighted by molar-refractivity contribution is -0.142. The molecule has 32 heavy (non-hydrogen) atoms. The van der Waals surface area contributed by atoms with Crippen LogP contribution in [0.4, 0.5) is 10.5 Å². The summed E-state index contributed by atoms with van der Waals surface area (Å²) < 4.78 is 4.95. The average molecular weight is 450 g/mol. The van der Waals surface area contributed by atoms with Crippen LogP contribution in [0.15, 0.2) is 24.3 Å². The largest absolute Gasteiger partial charge is 0.461 e. The Kier molecular flexibility index (Phi) is 11.8. The van der Waals surface area contributed by atoms with Gasteiger partial charge in [-0.2, -0.15) is 0 Å². The number of amides is 4. The van der Waals surface area contributed by atoms with E-state index in [1.54, 1.807) is 24.3 Å².